The first-order chi connectivity index (χ1) is 8.09. The van der Waals surface area contributed by atoms with E-state index in [0.29, 0.717) is 5.57 Å². The monoisotopic (exact) mass is 233 g/mol. The van der Waals surface area contributed by atoms with E-state index in [-0.39, 0.29) is 18.7 Å². The van der Waals surface area contributed by atoms with Gasteiger partial charge in [0, 0.05) is 0 Å². The molecule has 17 heavy (non-hydrogen) atoms. The smallest absolute Gasteiger partial charge is 0.407 e. The number of benzene rings is 1. The summed E-state index contributed by atoms with van der Waals surface area (Å²) in [7, 11) is 0. The Morgan fingerprint density at radius 2 is 1.71 bits per heavy atom. The SMILES string of the molecule is O=C(O)C1=C(c2ccccc2)CN(C(=O)O)C1. The molecule has 0 saturated carbocycles. The highest BCUT2D eigenvalue weighted by molar-refractivity contribution is 5.99. The number of carboxylic acids is 1. The van der Waals surface area contributed by atoms with Crippen LogP contribution in [0.3, 0.4) is 0 Å². The van der Waals surface area contributed by atoms with Crippen LogP contribution in [-0.4, -0.2) is 40.3 Å². The third kappa shape index (κ3) is 2.13. The molecule has 1 aliphatic heterocycles. The van der Waals surface area contributed by atoms with Crippen LogP contribution in [0.1, 0.15) is 5.56 Å². The van der Waals surface area contributed by atoms with Gasteiger partial charge in [0.05, 0.1) is 18.7 Å². The molecule has 1 aliphatic rings. The van der Waals surface area contributed by atoms with Gasteiger partial charge in [0.1, 0.15) is 0 Å². The Morgan fingerprint density at radius 1 is 1.06 bits per heavy atom. The van der Waals surface area contributed by atoms with Crippen molar-refractivity contribution in [1.29, 1.82) is 0 Å². The molecule has 1 heterocycles. The first kappa shape index (κ1) is 11.2. The zero-order valence-electron chi connectivity index (χ0n) is 8.96. The summed E-state index contributed by atoms with van der Waals surface area (Å²) in [5, 5.41) is 18.0. The molecule has 0 aromatic heterocycles. The van der Waals surface area contributed by atoms with Gasteiger partial charge in [-0.3, -0.25) is 4.90 Å². The summed E-state index contributed by atoms with van der Waals surface area (Å²) in [6.45, 7) is 0.0654. The zero-order valence-corrected chi connectivity index (χ0v) is 8.96. The Labute approximate surface area is 97.6 Å². The van der Waals surface area contributed by atoms with Gasteiger partial charge in [-0.05, 0) is 11.1 Å². The number of hydrogen-bond acceptors (Lipinski definition) is 2. The van der Waals surface area contributed by atoms with Crippen LogP contribution in [0.15, 0.2) is 35.9 Å². The number of nitrogens with zero attached hydrogens (tertiary/aromatic N) is 1. The van der Waals surface area contributed by atoms with Crippen molar-refractivity contribution in [2.45, 2.75) is 0 Å². The lowest BCUT2D eigenvalue weighted by Crippen LogP contribution is -2.28. The highest BCUT2D eigenvalue weighted by Gasteiger charge is 2.29. The summed E-state index contributed by atoms with van der Waals surface area (Å²) in [6, 6.07) is 8.98. The Kier molecular flexibility index (Phi) is 2.82. The van der Waals surface area contributed by atoms with Crippen LogP contribution < -0.4 is 0 Å². The van der Waals surface area contributed by atoms with Gasteiger partial charge in [-0.1, -0.05) is 30.3 Å². The molecular weight excluding hydrogens is 222 g/mol. The van der Waals surface area contributed by atoms with Crippen molar-refractivity contribution in [3.05, 3.63) is 41.5 Å². The minimum absolute atomic E-state index is 0.0606. The number of rotatable bonds is 2. The minimum atomic E-state index is -1.10. The lowest BCUT2D eigenvalue weighted by molar-refractivity contribution is -0.132. The Morgan fingerprint density at radius 3 is 2.24 bits per heavy atom. The van der Waals surface area contributed by atoms with Gasteiger partial charge in [-0.2, -0.15) is 0 Å². The molecule has 5 nitrogen and oxygen atoms in total. The Hall–Kier alpha value is -2.30. The van der Waals surface area contributed by atoms with E-state index in [1.54, 1.807) is 24.3 Å². The number of carboxylic acid groups (broad SMARTS) is 2. The van der Waals surface area contributed by atoms with E-state index in [0.717, 1.165) is 10.5 Å². The molecule has 0 radical (unpaired) electrons. The lowest BCUT2D eigenvalue weighted by Gasteiger charge is -2.10. The predicted molar refractivity (Wildman–Crippen MR) is 60.6 cm³/mol. The highest BCUT2D eigenvalue weighted by atomic mass is 16.4. The average molecular weight is 233 g/mol. The van der Waals surface area contributed by atoms with Crippen LogP contribution in [0.25, 0.3) is 5.57 Å². The van der Waals surface area contributed by atoms with Gasteiger partial charge in [0.2, 0.25) is 0 Å². The molecule has 0 aliphatic carbocycles. The average Bonchev–Trinajstić information content (AvgIpc) is 2.75. The fourth-order valence-corrected chi connectivity index (χ4v) is 1.87. The summed E-state index contributed by atoms with van der Waals surface area (Å²) in [6.07, 6.45) is -1.10. The van der Waals surface area contributed by atoms with E-state index in [1.807, 2.05) is 6.07 Å². The van der Waals surface area contributed by atoms with Gasteiger partial charge in [0.15, 0.2) is 0 Å². The van der Waals surface area contributed by atoms with E-state index in [2.05, 4.69) is 0 Å². The van der Waals surface area contributed by atoms with Gasteiger partial charge >= 0.3 is 12.1 Å². The predicted octanol–water partition coefficient (Wildman–Crippen LogP) is 1.52. The van der Waals surface area contributed by atoms with Crippen molar-refractivity contribution in [2.75, 3.05) is 13.1 Å². The second-order valence-corrected chi connectivity index (χ2v) is 3.77. The summed E-state index contributed by atoms with van der Waals surface area (Å²) in [5.74, 6) is -1.06. The van der Waals surface area contributed by atoms with E-state index >= 15 is 0 Å². The zero-order chi connectivity index (χ0) is 12.4. The van der Waals surface area contributed by atoms with Crippen LogP contribution in [-0.2, 0) is 4.79 Å². The molecule has 0 bridgehead atoms. The molecule has 1 aromatic rings. The maximum Gasteiger partial charge on any atom is 0.407 e. The number of aliphatic carboxylic acids is 1. The minimum Gasteiger partial charge on any atom is -0.478 e. The molecule has 0 fully saturated rings. The molecule has 5 heteroatoms. The van der Waals surface area contributed by atoms with Gasteiger partial charge in [0.25, 0.3) is 0 Å². The lowest BCUT2D eigenvalue weighted by atomic mass is 10.0. The Bertz CT molecular complexity index is 492. The standard InChI is InChI=1S/C12H11NO4/c14-11(15)10-7-13(12(16)17)6-9(10)8-4-2-1-3-5-8/h1-5H,6-7H2,(H,14,15)(H,16,17). The van der Waals surface area contributed by atoms with Crippen LogP contribution in [0.2, 0.25) is 0 Å². The van der Waals surface area contributed by atoms with Crippen LogP contribution in [0.5, 0.6) is 0 Å². The summed E-state index contributed by atoms with van der Waals surface area (Å²) < 4.78 is 0. The fraction of sp³-hybridized carbons (Fsp3) is 0.167. The topological polar surface area (TPSA) is 77.8 Å². The second-order valence-electron chi connectivity index (χ2n) is 3.77. The fourth-order valence-electron chi connectivity index (χ4n) is 1.87. The summed E-state index contributed by atoms with van der Waals surface area (Å²) >= 11 is 0. The maximum absolute atomic E-state index is 11.1. The summed E-state index contributed by atoms with van der Waals surface area (Å²) in [5.41, 5.74) is 1.48. The molecule has 88 valence electrons. The second kappa shape index (κ2) is 4.29. The number of hydrogen-bond donors (Lipinski definition) is 2. The third-order valence-electron chi connectivity index (χ3n) is 2.71. The van der Waals surface area contributed by atoms with E-state index in [9.17, 15) is 9.59 Å². The molecular formula is C12H11NO4. The molecule has 1 amide bonds. The van der Waals surface area contributed by atoms with Crippen molar-refractivity contribution in [1.82, 2.24) is 4.90 Å². The van der Waals surface area contributed by atoms with E-state index in [1.165, 1.54) is 0 Å². The largest absolute Gasteiger partial charge is 0.478 e. The molecule has 2 rings (SSSR count). The first-order valence-corrected chi connectivity index (χ1v) is 5.08. The Balaban J connectivity index is 2.38. The van der Waals surface area contributed by atoms with Crippen LogP contribution in [0, 0.1) is 0 Å². The van der Waals surface area contributed by atoms with Crippen molar-refractivity contribution in [2.24, 2.45) is 0 Å². The summed E-state index contributed by atoms with van der Waals surface area (Å²) in [4.78, 5) is 23.0. The molecule has 2 N–H and O–H groups in total. The van der Waals surface area contributed by atoms with Crippen LogP contribution in [0.4, 0.5) is 4.79 Å². The quantitative estimate of drug-likeness (QED) is 0.811. The van der Waals surface area contributed by atoms with Crippen molar-refractivity contribution in [3.8, 4) is 0 Å². The molecule has 1 aromatic carbocycles. The maximum atomic E-state index is 11.1. The molecule has 0 saturated heterocycles. The molecule has 0 atom stereocenters. The number of amides is 1. The molecule has 0 spiro atoms. The van der Waals surface area contributed by atoms with Crippen molar-refractivity contribution >= 4 is 17.6 Å². The van der Waals surface area contributed by atoms with Gasteiger partial charge in [-0.25, -0.2) is 9.59 Å². The third-order valence-corrected chi connectivity index (χ3v) is 2.71. The van der Waals surface area contributed by atoms with Crippen LogP contribution >= 0.6 is 0 Å². The molecule has 0 unspecified atom stereocenters. The van der Waals surface area contributed by atoms with Crippen molar-refractivity contribution < 1.29 is 19.8 Å². The first-order valence-electron chi connectivity index (χ1n) is 5.08. The van der Waals surface area contributed by atoms with E-state index in [4.69, 9.17) is 10.2 Å². The number of carbonyl (C=O) groups is 2. The normalized spacial score (nSPS) is 15.2. The van der Waals surface area contributed by atoms with E-state index < -0.39 is 12.1 Å². The van der Waals surface area contributed by atoms with Gasteiger partial charge in [-0.15, -0.1) is 0 Å². The van der Waals surface area contributed by atoms with Gasteiger partial charge < -0.3 is 10.2 Å². The van der Waals surface area contributed by atoms with Crippen molar-refractivity contribution in [3.63, 3.8) is 0 Å². The highest BCUT2D eigenvalue weighted by Crippen LogP contribution is 2.26.